The first-order valence-electron chi connectivity index (χ1n) is 8.97. The number of pyridine rings is 1. The van der Waals surface area contributed by atoms with Crippen LogP contribution in [0.15, 0.2) is 36.7 Å². The van der Waals surface area contributed by atoms with Crippen LogP contribution >= 0.6 is 0 Å². The zero-order chi connectivity index (χ0) is 18.8. The Morgan fingerprint density at radius 3 is 2.48 bits per heavy atom. The molecule has 140 valence electrons. The number of anilines is 1. The van der Waals surface area contributed by atoms with E-state index in [-0.39, 0.29) is 0 Å². The first-order valence-corrected chi connectivity index (χ1v) is 8.97. The van der Waals surface area contributed by atoms with Crippen molar-refractivity contribution in [3.05, 3.63) is 36.7 Å². The number of likely N-dealkylation sites (N-methyl/N-ethyl adjacent to an activating group) is 1. The number of piperazine rings is 1. The molecule has 1 saturated heterocycles. The van der Waals surface area contributed by atoms with Crippen molar-refractivity contribution in [3.8, 4) is 22.9 Å². The monoisotopic (exact) mass is 365 g/mol. The summed E-state index contributed by atoms with van der Waals surface area (Å²) in [6.45, 7) is 3.98. The van der Waals surface area contributed by atoms with Gasteiger partial charge in [0.25, 0.3) is 0 Å². The minimum atomic E-state index is 0.526. The maximum Gasteiger partial charge on any atom is 0.224 e. The van der Waals surface area contributed by atoms with Crippen molar-refractivity contribution in [2.75, 3.05) is 52.3 Å². The summed E-state index contributed by atoms with van der Waals surface area (Å²) in [5.41, 5.74) is 2.86. The number of methoxy groups -OCH3 is 2. The van der Waals surface area contributed by atoms with Gasteiger partial charge in [0.1, 0.15) is 12.1 Å². The molecule has 1 aliphatic heterocycles. The fraction of sp³-hybridized carbons (Fsp3) is 0.350. The molecule has 1 fully saturated rings. The summed E-state index contributed by atoms with van der Waals surface area (Å²) in [5.74, 6) is 2.04. The Morgan fingerprint density at radius 1 is 0.926 bits per heavy atom. The van der Waals surface area contributed by atoms with Crippen molar-refractivity contribution in [2.45, 2.75) is 0 Å². The van der Waals surface area contributed by atoms with Gasteiger partial charge in [-0.1, -0.05) is 6.07 Å². The minimum absolute atomic E-state index is 0.526. The van der Waals surface area contributed by atoms with Crippen LogP contribution in [0.3, 0.4) is 0 Å². The van der Waals surface area contributed by atoms with Crippen LogP contribution in [0.25, 0.3) is 22.0 Å². The third kappa shape index (κ3) is 3.38. The highest BCUT2D eigenvalue weighted by atomic mass is 16.5. The molecule has 27 heavy (non-hydrogen) atoms. The third-order valence-electron chi connectivity index (χ3n) is 4.97. The van der Waals surface area contributed by atoms with Gasteiger partial charge in [0.2, 0.25) is 11.8 Å². The Balaban J connectivity index is 1.79. The number of rotatable bonds is 4. The van der Waals surface area contributed by atoms with Crippen LogP contribution in [0.4, 0.5) is 5.82 Å². The Kier molecular flexibility index (Phi) is 4.77. The predicted molar refractivity (Wildman–Crippen MR) is 106 cm³/mol. The molecule has 0 radical (unpaired) electrons. The smallest absolute Gasteiger partial charge is 0.224 e. The lowest BCUT2D eigenvalue weighted by molar-refractivity contribution is 0.312. The number of fused-ring (bicyclic) bond motifs is 1. The Labute approximate surface area is 158 Å². The Hall–Kier alpha value is -2.93. The van der Waals surface area contributed by atoms with Crippen LogP contribution in [-0.4, -0.2) is 67.3 Å². The van der Waals surface area contributed by atoms with E-state index in [0.29, 0.717) is 11.8 Å². The molecule has 7 heteroatoms. The molecule has 0 amide bonds. The maximum atomic E-state index is 5.47. The van der Waals surface area contributed by atoms with Gasteiger partial charge in [0.15, 0.2) is 0 Å². The number of benzene rings is 1. The van der Waals surface area contributed by atoms with Gasteiger partial charge in [-0.2, -0.15) is 4.98 Å². The van der Waals surface area contributed by atoms with E-state index in [1.165, 1.54) is 0 Å². The summed E-state index contributed by atoms with van der Waals surface area (Å²) >= 11 is 0. The van der Waals surface area contributed by atoms with Crippen molar-refractivity contribution < 1.29 is 9.47 Å². The van der Waals surface area contributed by atoms with Gasteiger partial charge in [-0.25, -0.2) is 9.97 Å². The third-order valence-corrected chi connectivity index (χ3v) is 4.97. The van der Waals surface area contributed by atoms with Gasteiger partial charge in [-0.05, 0) is 30.8 Å². The van der Waals surface area contributed by atoms with E-state index < -0.39 is 0 Å². The first kappa shape index (κ1) is 17.5. The molecule has 3 heterocycles. The van der Waals surface area contributed by atoms with E-state index >= 15 is 0 Å². The van der Waals surface area contributed by atoms with Crippen LogP contribution in [0.2, 0.25) is 0 Å². The number of hydrogen-bond donors (Lipinski definition) is 0. The standard InChI is InChI=1S/C20H23N5O2/c1-24-8-10-25(11-9-24)19-16-12-14(4-6-17(16)21-13-22-19)15-5-7-18(26-2)23-20(15)27-3/h4-7,12-13H,8-11H2,1-3H3. The summed E-state index contributed by atoms with van der Waals surface area (Å²) in [4.78, 5) is 18.1. The zero-order valence-electron chi connectivity index (χ0n) is 15.8. The number of ether oxygens (including phenoxy) is 2. The van der Waals surface area contributed by atoms with Gasteiger partial charge in [0, 0.05) is 43.2 Å². The molecule has 0 unspecified atom stereocenters. The summed E-state index contributed by atoms with van der Waals surface area (Å²) in [7, 11) is 5.36. The lowest BCUT2D eigenvalue weighted by atomic mass is 10.0. The van der Waals surface area contributed by atoms with Crippen molar-refractivity contribution >= 4 is 16.7 Å². The molecule has 0 saturated carbocycles. The highest BCUT2D eigenvalue weighted by Crippen LogP contribution is 2.34. The number of nitrogens with zero attached hydrogens (tertiary/aromatic N) is 5. The molecule has 0 bridgehead atoms. The lowest BCUT2D eigenvalue weighted by Crippen LogP contribution is -2.44. The average Bonchev–Trinajstić information content (AvgIpc) is 2.73. The fourth-order valence-corrected chi connectivity index (χ4v) is 3.39. The first-order chi connectivity index (χ1) is 13.2. The van der Waals surface area contributed by atoms with Gasteiger partial charge in [-0.3, -0.25) is 0 Å². The molecule has 2 aromatic heterocycles. The molecule has 4 rings (SSSR count). The highest BCUT2D eigenvalue weighted by Gasteiger charge is 2.19. The van der Waals surface area contributed by atoms with E-state index in [9.17, 15) is 0 Å². The molecule has 0 N–H and O–H groups in total. The summed E-state index contributed by atoms with van der Waals surface area (Å²) in [5, 5.41) is 1.04. The topological polar surface area (TPSA) is 63.6 Å². The second kappa shape index (κ2) is 7.36. The van der Waals surface area contributed by atoms with Crippen molar-refractivity contribution in [1.29, 1.82) is 0 Å². The van der Waals surface area contributed by atoms with Crippen LogP contribution in [-0.2, 0) is 0 Å². The second-order valence-corrected chi connectivity index (χ2v) is 6.63. The van der Waals surface area contributed by atoms with Gasteiger partial charge >= 0.3 is 0 Å². The van der Waals surface area contributed by atoms with E-state index in [1.54, 1.807) is 20.5 Å². The van der Waals surface area contributed by atoms with E-state index in [0.717, 1.165) is 54.0 Å². The van der Waals surface area contributed by atoms with Crippen LogP contribution in [0.5, 0.6) is 11.8 Å². The van der Waals surface area contributed by atoms with E-state index in [1.807, 2.05) is 24.3 Å². The van der Waals surface area contributed by atoms with Gasteiger partial charge < -0.3 is 19.3 Å². The molecule has 3 aromatic rings. The Morgan fingerprint density at radius 2 is 1.74 bits per heavy atom. The molecule has 0 spiro atoms. The van der Waals surface area contributed by atoms with Crippen molar-refractivity contribution in [2.24, 2.45) is 0 Å². The molecular weight excluding hydrogens is 342 g/mol. The van der Waals surface area contributed by atoms with Crippen LogP contribution < -0.4 is 14.4 Å². The Bertz CT molecular complexity index is 954. The van der Waals surface area contributed by atoms with Crippen LogP contribution in [0.1, 0.15) is 0 Å². The van der Waals surface area contributed by atoms with Gasteiger partial charge in [-0.15, -0.1) is 0 Å². The lowest BCUT2D eigenvalue weighted by Gasteiger charge is -2.33. The summed E-state index contributed by atoms with van der Waals surface area (Å²) in [6, 6.07) is 9.98. The molecule has 1 aromatic carbocycles. The van der Waals surface area contributed by atoms with Crippen molar-refractivity contribution in [1.82, 2.24) is 19.9 Å². The number of aromatic nitrogens is 3. The SMILES string of the molecule is COc1ccc(-c2ccc3ncnc(N4CCN(C)CC4)c3c2)c(OC)n1. The van der Waals surface area contributed by atoms with E-state index in [4.69, 9.17) is 9.47 Å². The second-order valence-electron chi connectivity index (χ2n) is 6.63. The molecule has 0 atom stereocenters. The zero-order valence-corrected chi connectivity index (χ0v) is 15.8. The minimum Gasteiger partial charge on any atom is -0.481 e. The number of hydrogen-bond acceptors (Lipinski definition) is 7. The molecule has 1 aliphatic rings. The van der Waals surface area contributed by atoms with Crippen molar-refractivity contribution in [3.63, 3.8) is 0 Å². The summed E-state index contributed by atoms with van der Waals surface area (Å²) in [6.07, 6.45) is 1.64. The van der Waals surface area contributed by atoms with Gasteiger partial charge in [0.05, 0.1) is 19.7 Å². The quantitative estimate of drug-likeness (QED) is 0.704. The van der Waals surface area contributed by atoms with Crippen LogP contribution in [0, 0.1) is 0 Å². The maximum absolute atomic E-state index is 5.47. The van der Waals surface area contributed by atoms with E-state index in [2.05, 4.69) is 37.9 Å². The highest BCUT2D eigenvalue weighted by molar-refractivity contribution is 5.93. The molecule has 0 aliphatic carbocycles. The molecular formula is C20H23N5O2. The molecule has 7 nitrogen and oxygen atoms in total. The average molecular weight is 365 g/mol. The normalized spacial score (nSPS) is 15.1. The fourth-order valence-electron chi connectivity index (χ4n) is 3.39. The summed E-state index contributed by atoms with van der Waals surface area (Å²) < 4.78 is 10.7. The largest absolute Gasteiger partial charge is 0.481 e. The predicted octanol–water partition coefficient (Wildman–Crippen LogP) is 2.46.